The first-order valence-electron chi connectivity index (χ1n) is 4.96. The Hall–Kier alpha value is -2.22. The van der Waals surface area contributed by atoms with Gasteiger partial charge in [0.2, 0.25) is 5.96 Å². The highest BCUT2D eigenvalue weighted by Gasteiger charge is 2.01. The molecule has 1 rings (SSSR count). The van der Waals surface area contributed by atoms with Gasteiger partial charge < -0.3 is 21.3 Å². The molecule has 0 aliphatic rings. The van der Waals surface area contributed by atoms with Crippen LogP contribution in [0.15, 0.2) is 29.4 Å². The summed E-state index contributed by atoms with van der Waals surface area (Å²) in [5.41, 5.74) is 12.9. The van der Waals surface area contributed by atoms with E-state index in [4.69, 9.17) is 16.2 Å². The Morgan fingerprint density at radius 2 is 2.16 bits per heavy atom. The number of hydrogen-bond donors (Lipinski definition) is 4. The van der Waals surface area contributed by atoms with Gasteiger partial charge in [0.1, 0.15) is 0 Å². The first-order valence-corrected chi connectivity index (χ1v) is 4.96. The van der Waals surface area contributed by atoms with Gasteiger partial charge in [0, 0.05) is 6.08 Å². The van der Waals surface area contributed by atoms with Crippen molar-refractivity contribution >= 4 is 34.9 Å². The van der Waals surface area contributed by atoms with Gasteiger partial charge in [-0.2, -0.15) is 0 Å². The average molecular weight is 331 g/mol. The maximum atomic E-state index is 11.2. The standard InChI is InChI=1S/C11H14N4O3.BrH/c1-18-9-6-7(2-4-8(9)16)3-5-10(17)14-15-11(12)13;/h2-6,16H,1H3,(H,14,17)(H4,12,13,15);1H/b5-3+;. The smallest absolute Gasteiger partial charge is 0.264 e. The average Bonchev–Trinajstić information content (AvgIpc) is 2.35. The minimum atomic E-state index is -0.476. The molecule has 1 aromatic carbocycles. The Morgan fingerprint density at radius 3 is 2.74 bits per heavy atom. The number of phenols is 1. The summed E-state index contributed by atoms with van der Waals surface area (Å²) in [7, 11) is 1.44. The number of hydrazone groups is 1. The highest BCUT2D eigenvalue weighted by Crippen LogP contribution is 2.26. The van der Waals surface area contributed by atoms with Crippen molar-refractivity contribution in [3.8, 4) is 11.5 Å². The molecule has 0 unspecified atom stereocenters. The van der Waals surface area contributed by atoms with Gasteiger partial charge in [0.05, 0.1) is 7.11 Å². The summed E-state index contributed by atoms with van der Waals surface area (Å²) in [5, 5.41) is 12.7. The molecule has 0 saturated heterocycles. The van der Waals surface area contributed by atoms with Crippen LogP contribution in [-0.4, -0.2) is 24.1 Å². The van der Waals surface area contributed by atoms with Gasteiger partial charge in [-0.3, -0.25) is 4.79 Å². The molecule has 8 heteroatoms. The number of ether oxygens (including phenoxy) is 1. The van der Waals surface area contributed by atoms with Crippen LogP contribution in [0.4, 0.5) is 0 Å². The third-order valence-electron chi connectivity index (χ3n) is 1.93. The van der Waals surface area contributed by atoms with Crippen molar-refractivity contribution in [2.45, 2.75) is 0 Å². The second kappa shape index (κ2) is 7.98. The summed E-state index contributed by atoms with van der Waals surface area (Å²) < 4.78 is 4.93. The minimum Gasteiger partial charge on any atom is -0.504 e. The van der Waals surface area contributed by atoms with Crippen molar-refractivity contribution in [2.24, 2.45) is 16.6 Å². The molecule has 1 aromatic rings. The summed E-state index contributed by atoms with van der Waals surface area (Å²) >= 11 is 0. The molecule has 0 saturated carbocycles. The van der Waals surface area contributed by atoms with E-state index < -0.39 is 5.91 Å². The maximum absolute atomic E-state index is 11.2. The fourth-order valence-corrected chi connectivity index (χ4v) is 1.13. The van der Waals surface area contributed by atoms with E-state index in [1.807, 2.05) is 0 Å². The first-order chi connectivity index (χ1) is 8.52. The van der Waals surface area contributed by atoms with Crippen molar-refractivity contribution in [3.63, 3.8) is 0 Å². The number of guanidine groups is 1. The van der Waals surface area contributed by atoms with Crippen molar-refractivity contribution < 1.29 is 14.6 Å². The second-order valence-corrected chi connectivity index (χ2v) is 3.28. The summed E-state index contributed by atoms with van der Waals surface area (Å²) in [4.78, 5) is 11.2. The predicted octanol–water partition coefficient (Wildman–Crippen LogP) is 0.296. The minimum absolute atomic E-state index is 0. The van der Waals surface area contributed by atoms with Gasteiger partial charge in [-0.05, 0) is 23.8 Å². The third kappa shape index (κ3) is 5.77. The highest BCUT2D eigenvalue weighted by atomic mass is 79.9. The maximum Gasteiger partial charge on any atom is 0.264 e. The van der Waals surface area contributed by atoms with Gasteiger partial charge in [-0.25, -0.2) is 5.43 Å². The molecule has 0 aromatic heterocycles. The first kappa shape index (κ1) is 16.8. The topological polar surface area (TPSA) is 123 Å². The number of nitrogens with zero attached hydrogens (tertiary/aromatic N) is 1. The highest BCUT2D eigenvalue weighted by molar-refractivity contribution is 8.93. The second-order valence-electron chi connectivity index (χ2n) is 3.28. The predicted molar refractivity (Wildman–Crippen MR) is 78.0 cm³/mol. The van der Waals surface area contributed by atoms with E-state index in [2.05, 4.69) is 10.5 Å². The van der Waals surface area contributed by atoms with Crippen LogP contribution in [0.1, 0.15) is 5.56 Å². The number of amides is 1. The van der Waals surface area contributed by atoms with Crippen molar-refractivity contribution in [1.82, 2.24) is 5.43 Å². The molecular formula is C11H15BrN4O3. The normalized spacial score (nSPS) is 9.53. The molecule has 1 amide bonds. The number of halogens is 1. The molecule has 0 bridgehead atoms. The van der Waals surface area contributed by atoms with Crippen molar-refractivity contribution in [1.29, 1.82) is 0 Å². The van der Waals surface area contributed by atoms with Crippen LogP contribution in [0.25, 0.3) is 6.08 Å². The molecule has 0 atom stereocenters. The van der Waals surface area contributed by atoms with Gasteiger partial charge in [-0.15, -0.1) is 22.1 Å². The lowest BCUT2D eigenvalue weighted by Crippen LogP contribution is -2.28. The van der Waals surface area contributed by atoms with E-state index in [9.17, 15) is 9.90 Å². The van der Waals surface area contributed by atoms with Crippen LogP contribution in [0.2, 0.25) is 0 Å². The zero-order chi connectivity index (χ0) is 13.5. The monoisotopic (exact) mass is 330 g/mol. The van der Waals surface area contributed by atoms with Crippen LogP contribution in [0.5, 0.6) is 11.5 Å². The molecule has 19 heavy (non-hydrogen) atoms. The Morgan fingerprint density at radius 1 is 1.47 bits per heavy atom. The number of benzene rings is 1. The fraction of sp³-hybridized carbons (Fsp3) is 0.0909. The van der Waals surface area contributed by atoms with Crippen LogP contribution in [0, 0.1) is 0 Å². The van der Waals surface area contributed by atoms with E-state index in [-0.39, 0.29) is 28.7 Å². The number of carbonyl (C=O) groups is 1. The molecule has 0 aliphatic carbocycles. The largest absolute Gasteiger partial charge is 0.504 e. The lowest BCUT2D eigenvalue weighted by Gasteiger charge is -2.03. The van der Waals surface area contributed by atoms with Crippen LogP contribution < -0.4 is 21.6 Å². The quantitative estimate of drug-likeness (QED) is 0.273. The molecule has 0 aliphatic heterocycles. The van der Waals surface area contributed by atoms with Crippen LogP contribution in [-0.2, 0) is 4.79 Å². The molecule has 7 nitrogen and oxygen atoms in total. The van der Waals surface area contributed by atoms with E-state index in [1.165, 1.54) is 25.3 Å². The summed E-state index contributed by atoms with van der Waals surface area (Å²) in [6, 6.07) is 4.67. The van der Waals surface area contributed by atoms with E-state index in [1.54, 1.807) is 12.1 Å². The Balaban J connectivity index is 0.00000324. The van der Waals surface area contributed by atoms with Gasteiger partial charge >= 0.3 is 0 Å². The number of hydrogen-bond acceptors (Lipinski definition) is 4. The number of nitrogens with one attached hydrogen (secondary N) is 1. The zero-order valence-corrected chi connectivity index (χ0v) is 11.9. The summed E-state index contributed by atoms with van der Waals surface area (Å²) in [5.74, 6) is -0.361. The van der Waals surface area contributed by atoms with Gasteiger partial charge in [-0.1, -0.05) is 6.07 Å². The number of nitrogens with two attached hydrogens (primary N) is 2. The molecule has 0 heterocycles. The number of phenolic OH excluding ortho intramolecular Hbond substituents is 1. The van der Waals surface area contributed by atoms with Gasteiger partial charge in [0.25, 0.3) is 5.91 Å². The zero-order valence-electron chi connectivity index (χ0n) is 10.2. The van der Waals surface area contributed by atoms with Crippen LogP contribution >= 0.6 is 17.0 Å². The van der Waals surface area contributed by atoms with E-state index in [0.717, 1.165) is 0 Å². The molecule has 104 valence electrons. The molecule has 0 radical (unpaired) electrons. The third-order valence-corrected chi connectivity index (χ3v) is 1.93. The lowest BCUT2D eigenvalue weighted by molar-refractivity contribution is -0.116. The number of methoxy groups -OCH3 is 1. The Labute approximate surface area is 120 Å². The Bertz CT molecular complexity index is 499. The molecule has 0 fully saturated rings. The van der Waals surface area contributed by atoms with E-state index in [0.29, 0.717) is 11.3 Å². The van der Waals surface area contributed by atoms with Crippen molar-refractivity contribution in [2.75, 3.05) is 7.11 Å². The number of rotatable bonds is 4. The number of aromatic hydroxyl groups is 1. The summed E-state index contributed by atoms with van der Waals surface area (Å²) in [6.45, 7) is 0. The van der Waals surface area contributed by atoms with E-state index >= 15 is 0 Å². The van der Waals surface area contributed by atoms with Crippen LogP contribution in [0.3, 0.4) is 0 Å². The SMILES string of the molecule is Br.COc1cc(/C=C/C(=O)NN=C(N)N)ccc1O. The number of carbonyl (C=O) groups excluding carboxylic acids is 1. The molecule has 0 spiro atoms. The van der Waals surface area contributed by atoms with Gasteiger partial charge in [0.15, 0.2) is 11.5 Å². The Kier molecular flexibility index (Phi) is 7.05. The van der Waals surface area contributed by atoms with Crippen molar-refractivity contribution in [3.05, 3.63) is 29.8 Å². The lowest BCUT2D eigenvalue weighted by atomic mass is 10.2. The fourth-order valence-electron chi connectivity index (χ4n) is 1.13. The molecular weight excluding hydrogens is 316 g/mol. The molecule has 6 N–H and O–H groups in total. The summed E-state index contributed by atoms with van der Waals surface area (Å²) in [6.07, 6.45) is 2.78.